The minimum atomic E-state index is 0.0825. The smallest absolute Gasteiger partial charge is 0.216 e. The van der Waals surface area contributed by atoms with Crippen LogP contribution in [0.4, 0.5) is 0 Å². The predicted octanol–water partition coefficient (Wildman–Crippen LogP) is 7.35. The summed E-state index contributed by atoms with van der Waals surface area (Å²) < 4.78 is 8.87. The first-order chi connectivity index (χ1) is 14.8. The van der Waals surface area contributed by atoms with Crippen molar-refractivity contribution in [3.8, 4) is 22.4 Å². The van der Waals surface area contributed by atoms with E-state index in [1.807, 2.05) is 6.07 Å². The Kier molecular flexibility index (Phi) is 4.48. The lowest BCUT2D eigenvalue weighted by Crippen LogP contribution is -2.32. The molecule has 5 rings (SSSR count). The van der Waals surface area contributed by atoms with E-state index < -0.39 is 0 Å². The molecular formula is C29H28NO+. The van der Waals surface area contributed by atoms with E-state index in [0.29, 0.717) is 0 Å². The number of nitrogens with zero attached hydrogens (tertiary/aromatic N) is 1. The van der Waals surface area contributed by atoms with Crippen LogP contribution in [0.2, 0.25) is 0 Å². The van der Waals surface area contributed by atoms with Crippen LogP contribution >= 0.6 is 0 Å². The number of aromatic nitrogens is 1. The third-order valence-electron chi connectivity index (χ3n) is 6.23. The molecule has 31 heavy (non-hydrogen) atoms. The molecule has 0 fully saturated rings. The van der Waals surface area contributed by atoms with E-state index in [-0.39, 0.29) is 5.41 Å². The van der Waals surface area contributed by atoms with Gasteiger partial charge in [-0.1, -0.05) is 81.4 Å². The third kappa shape index (κ3) is 3.23. The topological polar surface area (TPSA) is 17.0 Å². The van der Waals surface area contributed by atoms with Crippen LogP contribution in [0.3, 0.4) is 0 Å². The number of fused-ring (bicyclic) bond motifs is 3. The van der Waals surface area contributed by atoms with Crippen molar-refractivity contribution in [2.24, 2.45) is 7.05 Å². The quantitative estimate of drug-likeness (QED) is 0.280. The zero-order chi connectivity index (χ0) is 21.8. The second-order valence-electron chi connectivity index (χ2n) is 9.45. The molecule has 0 spiro atoms. The molecule has 2 heteroatoms. The van der Waals surface area contributed by atoms with E-state index in [2.05, 4.69) is 112 Å². The van der Waals surface area contributed by atoms with Gasteiger partial charge in [-0.2, -0.15) is 0 Å². The molecule has 2 aromatic heterocycles. The normalized spacial score (nSPS) is 12.0. The van der Waals surface area contributed by atoms with Crippen molar-refractivity contribution >= 4 is 21.9 Å². The maximum absolute atomic E-state index is 6.67. The second kappa shape index (κ2) is 7.09. The van der Waals surface area contributed by atoms with E-state index in [4.69, 9.17) is 4.42 Å². The van der Waals surface area contributed by atoms with Crippen LogP contribution < -0.4 is 4.57 Å². The Morgan fingerprint density at radius 2 is 1.52 bits per heavy atom. The summed E-state index contributed by atoms with van der Waals surface area (Å²) in [5.74, 6) is 0. The summed E-state index contributed by atoms with van der Waals surface area (Å²) in [6.07, 6.45) is 2.16. The zero-order valence-corrected chi connectivity index (χ0v) is 18.9. The molecule has 2 nitrogen and oxygen atoms in total. The number of rotatable bonds is 2. The lowest BCUT2D eigenvalue weighted by Gasteiger charge is -2.19. The van der Waals surface area contributed by atoms with Crippen LogP contribution in [0.1, 0.15) is 31.9 Å². The summed E-state index contributed by atoms with van der Waals surface area (Å²) >= 11 is 0. The molecule has 0 N–H and O–H groups in total. The molecule has 2 heterocycles. The highest BCUT2D eigenvalue weighted by Gasteiger charge is 2.24. The lowest BCUT2D eigenvalue weighted by molar-refractivity contribution is -0.660. The highest BCUT2D eigenvalue weighted by Crippen LogP contribution is 2.40. The van der Waals surface area contributed by atoms with Gasteiger partial charge in [0, 0.05) is 28.5 Å². The van der Waals surface area contributed by atoms with Gasteiger partial charge in [0.25, 0.3) is 0 Å². The van der Waals surface area contributed by atoms with Crippen LogP contribution in [-0.4, -0.2) is 0 Å². The van der Waals surface area contributed by atoms with E-state index in [1.54, 1.807) is 0 Å². The van der Waals surface area contributed by atoms with Gasteiger partial charge in [0.2, 0.25) is 5.69 Å². The van der Waals surface area contributed by atoms with Crippen LogP contribution in [0.5, 0.6) is 0 Å². The SMILES string of the molecule is Cc1ccc2c(oc3c(-c4ccccc4)cccc32)c1-c1cc(C(C)(C)C)cc[n+]1C. The van der Waals surface area contributed by atoms with E-state index in [1.165, 1.54) is 27.9 Å². The van der Waals surface area contributed by atoms with Gasteiger partial charge >= 0.3 is 0 Å². The summed E-state index contributed by atoms with van der Waals surface area (Å²) in [5, 5.41) is 2.32. The molecule has 0 saturated carbocycles. The van der Waals surface area contributed by atoms with Crippen molar-refractivity contribution in [1.82, 2.24) is 0 Å². The molecule has 0 radical (unpaired) electrons. The van der Waals surface area contributed by atoms with Crippen LogP contribution in [0, 0.1) is 6.92 Å². The average molecular weight is 407 g/mol. The molecule has 0 atom stereocenters. The summed E-state index contributed by atoms with van der Waals surface area (Å²) in [7, 11) is 2.11. The monoisotopic (exact) mass is 406 g/mol. The predicted molar refractivity (Wildman–Crippen MR) is 129 cm³/mol. The lowest BCUT2D eigenvalue weighted by atomic mass is 9.86. The molecule has 5 aromatic rings. The number of hydrogen-bond acceptors (Lipinski definition) is 1. The molecule has 0 aliphatic heterocycles. The van der Waals surface area contributed by atoms with Gasteiger partial charge in [0.05, 0.1) is 5.56 Å². The Morgan fingerprint density at radius 3 is 2.26 bits per heavy atom. The first kappa shape index (κ1) is 19.6. The van der Waals surface area contributed by atoms with Crippen molar-refractivity contribution in [2.75, 3.05) is 0 Å². The van der Waals surface area contributed by atoms with Gasteiger partial charge in [-0.05, 0) is 29.0 Å². The number of para-hydroxylation sites is 1. The number of furan rings is 1. The minimum absolute atomic E-state index is 0.0825. The van der Waals surface area contributed by atoms with Crippen LogP contribution in [0.25, 0.3) is 44.3 Å². The van der Waals surface area contributed by atoms with E-state index in [0.717, 1.165) is 27.5 Å². The van der Waals surface area contributed by atoms with Gasteiger partial charge in [-0.25, -0.2) is 4.57 Å². The molecule has 0 amide bonds. The summed E-state index contributed by atoms with van der Waals surface area (Å²) in [6, 6.07) is 25.8. The summed E-state index contributed by atoms with van der Waals surface area (Å²) in [5.41, 5.74) is 9.17. The zero-order valence-electron chi connectivity index (χ0n) is 18.9. The fraction of sp³-hybridized carbons (Fsp3) is 0.207. The molecule has 0 aliphatic carbocycles. The van der Waals surface area contributed by atoms with Crippen LogP contribution in [0.15, 0.2) is 83.4 Å². The first-order valence-electron chi connectivity index (χ1n) is 10.9. The number of benzene rings is 3. The highest BCUT2D eigenvalue weighted by molar-refractivity contribution is 6.13. The number of hydrogen-bond donors (Lipinski definition) is 0. The first-order valence-corrected chi connectivity index (χ1v) is 10.9. The van der Waals surface area contributed by atoms with Crippen molar-refractivity contribution in [1.29, 1.82) is 0 Å². The summed E-state index contributed by atoms with van der Waals surface area (Å²) in [6.45, 7) is 8.94. The maximum atomic E-state index is 6.67. The third-order valence-corrected chi connectivity index (χ3v) is 6.23. The molecule has 0 unspecified atom stereocenters. The van der Waals surface area contributed by atoms with Gasteiger partial charge in [0.1, 0.15) is 18.2 Å². The van der Waals surface area contributed by atoms with E-state index >= 15 is 0 Å². The highest BCUT2D eigenvalue weighted by atomic mass is 16.3. The van der Waals surface area contributed by atoms with Gasteiger partial charge in [-0.15, -0.1) is 0 Å². The maximum Gasteiger partial charge on any atom is 0.216 e. The van der Waals surface area contributed by atoms with E-state index in [9.17, 15) is 0 Å². The van der Waals surface area contributed by atoms with Gasteiger partial charge in [0.15, 0.2) is 6.20 Å². The van der Waals surface area contributed by atoms with Crippen molar-refractivity contribution in [3.63, 3.8) is 0 Å². The number of aryl methyl sites for hydroxylation is 2. The van der Waals surface area contributed by atoms with Crippen LogP contribution in [-0.2, 0) is 12.5 Å². The van der Waals surface area contributed by atoms with Gasteiger partial charge in [-0.3, -0.25) is 0 Å². The largest absolute Gasteiger partial charge is 0.454 e. The fourth-order valence-corrected chi connectivity index (χ4v) is 4.41. The Balaban J connectivity index is 1.85. The van der Waals surface area contributed by atoms with Crippen molar-refractivity contribution in [3.05, 3.63) is 90.1 Å². The summed E-state index contributed by atoms with van der Waals surface area (Å²) in [4.78, 5) is 0. The molecule has 0 saturated heterocycles. The fourth-order valence-electron chi connectivity index (χ4n) is 4.41. The minimum Gasteiger partial charge on any atom is -0.454 e. The molecular weight excluding hydrogens is 378 g/mol. The Bertz CT molecular complexity index is 1420. The standard InChI is InChI=1S/C29H28NO/c1-19-14-15-24-23-13-9-12-22(20-10-7-6-8-11-20)27(23)31-28(24)26(19)25-18-21(29(2,3)4)16-17-30(25)5/h6-18H,1-5H3/q+1. The van der Waals surface area contributed by atoms with Gasteiger partial charge < -0.3 is 4.42 Å². The Hall–Kier alpha value is -3.39. The molecule has 3 aromatic carbocycles. The van der Waals surface area contributed by atoms with Crippen molar-refractivity contribution < 1.29 is 8.98 Å². The molecule has 154 valence electrons. The average Bonchev–Trinajstić information content (AvgIpc) is 3.13. The Morgan fingerprint density at radius 1 is 0.774 bits per heavy atom. The molecule has 0 aliphatic rings. The van der Waals surface area contributed by atoms with Crippen molar-refractivity contribution in [2.45, 2.75) is 33.1 Å². The molecule has 0 bridgehead atoms. The number of pyridine rings is 1. The second-order valence-corrected chi connectivity index (χ2v) is 9.45. The Labute approximate surface area is 183 Å².